The van der Waals surface area contributed by atoms with Crippen molar-refractivity contribution in [1.82, 2.24) is 9.97 Å². The summed E-state index contributed by atoms with van der Waals surface area (Å²) in [6.45, 7) is 1.54. The Morgan fingerprint density at radius 2 is 2.40 bits per heavy atom. The number of aromatic amines is 1. The third kappa shape index (κ3) is 3.45. The molecule has 2 aromatic heterocycles. The first kappa shape index (κ1) is 14.3. The number of hydrogen-bond donors (Lipinski definition) is 1. The van der Waals surface area contributed by atoms with E-state index in [9.17, 15) is 14.9 Å². The Morgan fingerprint density at radius 1 is 1.60 bits per heavy atom. The number of nitrogens with one attached hydrogen (secondary N) is 1. The van der Waals surface area contributed by atoms with E-state index in [1.54, 1.807) is 12.3 Å². The molecule has 0 radical (unpaired) electrons. The Balaban J connectivity index is 2.11. The molecular weight excluding hydrogens is 278 g/mol. The minimum absolute atomic E-state index is 0.0230. The molecule has 0 unspecified atom stereocenters. The lowest BCUT2D eigenvalue weighted by molar-refractivity contribution is -0.383. The van der Waals surface area contributed by atoms with Crippen molar-refractivity contribution < 1.29 is 9.72 Å². The van der Waals surface area contributed by atoms with Crippen LogP contribution in [0.3, 0.4) is 0 Å². The molecule has 0 bridgehead atoms. The molecule has 0 aromatic carbocycles. The number of hydrogen-bond acceptors (Lipinski definition) is 5. The molecule has 7 heteroatoms. The molecule has 6 nitrogen and oxygen atoms in total. The van der Waals surface area contributed by atoms with Gasteiger partial charge in [-0.05, 0) is 18.1 Å². The van der Waals surface area contributed by atoms with Crippen molar-refractivity contribution in [2.45, 2.75) is 13.3 Å². The van der Waals surface area contributed by atoms with Gasteiger partial charge < -0.3 is 4.98 Å². The van der Waals surface area contributed by atoms with Crippen molar-refractivity contribution in [3.8, 4) is 0 Å². The summed E-state index contributed by atoms with van der Waals surface area (Å²) in [5.41, 5.74) is 1.32. The van der Waals surface area contributed by atoms with Crippen molar-refractivity contribution in [3.63, 3.8) is 0 Å². The zero-order valence-corrected chi connectivity index (χ0v) is 11.6. The molecule has 20 heavy (non-hydrogen) atoms. The van der Waals surface area contributed by atoms with Crippen LogP contribution in [0.2, 0.25) is 0 Å². The van der Waals surface area contributed by atoms with E-state index in [1.165, 1.54) is 24.9 Å². The summed E-state index contributed by atoms with van der Waals surface area (Å²) in [4.78, 5) is 28.1. The lowest BCUT2D eigenvalue weighted by Crippen LogP contribution is -1.86. The van der Waals surface area contributed by atoms with Gasteiger partial charge in [0, 0.05) is 18.9 Å². The number of rotatable bonds is 5. The van der Waals surface area contributed by atoms with Gasteiger partial charge in [-0.3, -0.25) is 14.9 Å². The van der Waals surface area contributed by atoms with Crippen LogP contribution in [0.25, 0.3) is 17.1 Å². The molecule has 0 fully saturated rings. The molecule has 1 N–H and O–H groups in total. The molecule has 104 valence electrons. The lowest BCUT2D eigenvalue weighted by Gasteiger charge is -1.95. The normalized spacial score (nSPS) is 11.2. The van der Waals surface area contributed by atoms with Gasteiger partial charge in [0.05, 0.1) is 16.5 Å². The summed E-state index contributed by atoms with van der Waals surface area (Å²) in [6, 6.07) is 1.73. The number of carbonyl (C=O) groups is 1. The molecule has 0 aliphatic rings. The largest absolute Gasteiger partial charge is 0.340 e. The van der Waals surface area contributed by atoms with Crippen molar-refractivity contribution in [2.24, 2.45) is 0 Å². The van der Waals surface area contributed by atoms with Crippen LogP contribution in [0.15, 0.2) is 24.5 Å². The first-order chi connectivity index (χ1) is 9.58. The molecular formula is C13H13N3O3S. The summed E-state index contributed by atoms with van der Waals surface area (Å²) in [5, 5.41) is 11.5. The number of H-pyrrole nitrogens is 1. The quantitative estimate of drug-likeness (QED) is 0.519. The average molecular weight is 291 g/mol. The molecule has 0 aliphatic carbocycles. The van der Waals surface area contributed by atoms with Gasteiger partial charge in [-0.2, -0.15) is 0 Å². The molecule has 0 saturated carbocycles. The van der Waals surface area contributed by atoms with E-state index in [4.69, 9.17) is 0 Å². The number of nitro groups is 1. The van der Waals surface area contributed by atoms with Crippen LogP contribution < -0.4 is 0 Å². The molecule has 0 spiro atoms. The average Bonchev–Trinajstić information content (AvgIpc) is 2.81. The summed E-state index contributed by atoms with van der Waals surface area (Å²) in [5.74, 6) is 0.728. The van der Waals surface area contributed by atoms with E-state index >= 15 is 0 Å². The number of fused-ring (bicyclic) bond motifs is 1. The Hall–Kier alpha value is -2.15. The zero-order chi connectivity index (χ0) is 14.5. The topological polar surface area (TPSA) is 88.9 Å². The molecule has 0 aliphatic heterocycles. The molecule has 2 aromatic rings. The highest BCUT2D eigenvalue weighted by Crippen LogP contribution is 2.24. The number of pyridine rings is 1. The summed E-state index contributed by atoms with van der Waals surface area (Å²) in [6.07, 6.45) is 7.53. The number of nitrogens with zero attached hydrogens (tertiary/aromatic N) is 2. The SMILES string of the molecule is CC(=O)SCCC=Cc1cnc2[nH]cc([N+](=O)[O-])c2c1. The van der Waals surface area contributed by atoms with Gasteiger partial charge in [0.2, 0.25) is 0 Å². The molecule has 0 amide bonds. The predicted octanol–water partition coefficient (Wildman–Crippen LogP) is 3.15. The molecule has 2 rings (SSSR count). The molecule has 0 saturated heterocycles. The first-order valence-electron chi connectivity index (χ1n) is 5.99. The fourth-order valence-electron chi connectivity index (χ4n) is 1.74. The van der Waals surface area contributed by atoms with Crippen molar-refractivity contribution >= 4 is 39.7 Å². The predicted molar refractivity (Wildman–Crippen MR) is 79.5 cm³/mol. The monoisotopic (exact) mass is 291 g/mol. The van der Waals surface area contributed by atoms with Crippen molar-refractivity contribution in [1.29, 1.82) is 0 Å². The van der Waals surface area contributed by atoms with Gasteiger partial charge in [-0.25, -0.2) is 4.98 Å². The van der Waals surface area contributed by atoms with E-state index in [0.29, 0.717) is 11.0 Å². The van der Waals surface area contributed by atoms with Crippen LogP contribution in [-0.2, 0) is 4.79 Å². The van der Waals surface area contributed by atoms with Gasteiger partial charge in [0.1, 0.15) is 5.65 Å². The number of aromatic nitrogens is 2. The maximum absolute atomic E-state index is 10.9. The minimum Gasteiger partial charge on any atom is -0.340 e. The zero-order valence-electron chi connectivity index (χ0n) is 10.8. The Morgan fingerprint density at radius 3 is 3.10 bits per heavy atom. The van der Waals surface area contributed by atoms with Crippen LogP contribution in [0.4, 0.5) is 5.69 Å². The van der Waals surface area contributed by atoms with Crippen LogP contribution in [-0.4, -0.2) is 25.8 Å². The second-order valence-corrected chi connectivity index (χ2v) is 5.40. The highest BCUT2D eigenvalue weighted by molar-refractivity contribution is 8.13. The minimum atomic E-state index is -0.433. The highest BCUT2D eigenvalue weighted by atomic mass is 32.2. The third-order valence-corrected chi connectivity index (χ3v) is 3.47. The van der Waals surface area contributed by atoms with E-state index in [-0.39, 0.29) is 10.8 Å². The summed E-state index contributed by atoms with van der Waals surface area (Å²) < 4.78 is 0. The Kier molecular flexibility index (Phi) is 4.52. The third-order valence-electron chi connectivity index (χ3n) is 2.63. The maximum Gasteiger partial charge on any atom is 0.296 e. The summed E-state index contributed by atoms with van der Waals surface area (Å²) >= 11 is 1.28. The number of allylic oxidation sites excluding steroid dienone is 1. The van der Waals surface area contributed by atoms with E-state index in [2.05, 4.69) is 9.97 Å². The molecule has 2 heterocycles. The number of thioether (sulfide) groups is 1. The van der Waals surface area contributed by atoms with Gasteiger partial charge >= 0.3 is 0 Å². The second kappa shape index (κ2) is 6.33. The van der Waals surface area contributed by atoms with Crippen LogP contribution in [0.1, 0.15) is 18.9 Å². The smallest absolute Gasteiger partial charge is 0.296 e. The highest BCUT2D eigenvalue weighted by Gasteiger charge is 2.14. The van der Waals surface area contributed by atoms with Crippen LogP contribution >= 0.6 is 11.8 Å². The fourth-order valence-corrected chi connectivity index (χ4v) is 2.28. The van der Waals surface area contributed by atoms with Gasteiger partial charge in [0.25, 0.3) is 5.69 Å². The fraction of sp³-hybridized carbons (Fsp3) is 0.231. The second-order valence-electron chi connectivity index (χ2n) is 4.13. The first-order valence-corrected chi connectivity index (χ1v) is 6.98. The Bertz CT molecular complexity index is 679. The van der Waals surface area contributed by atoms with E-state index < -0.39 is 4.92 Å². The lowest BCUT2D eigenvalue weighted by atomic mass is 10.2. The number of carbonyl (C=O) groups excluding carboxylic acids is 1. The van der Waals surface area contributed by atoms with E-state index in [1.807, 2.05) is 12.2 Å². The van der Waals surface area contributed by atoms with E-state index in [0.717, 1.165) is 17.7 Å². The van der Waals surface area contributed by atoms with Gasteiger partial charge in [0.15, 0.2) is 5.12 Å². The van der Waals surface area contributed by atoms with Crippen LogP contribution in [0.5, 0.6) is 0 Å². The van der Waals surface area contributed by atoms with Crippen LogP contribution in [0, 0.1) is 10.1 Å². The van der Waals surface area contributed by atoms with Crippen molar-refractivity contribution in [2.75, 3.05) is 5.75 Å². The molecule has 0 atom stereocenters. The standard InChI is InChI=1S/C13H13N3O3S/c1-9(17)20-5-3-2-4-10-6-11-12(16(18)19)8-15-13(11)14-7-10/h2,4,6-8H,3,5H2,1H3,(H,14,15). The maximum atomic E-state index is 10.9. The van der Waals surface area contributed by atoms with Gasteiger partial charge in [-0.1, -0.05) is 23.9 Å². The van der Waals surface area contributed by atoms with Crippen molar-refractivity contribution in [3.05, 3.63) is 40.2 Å². The summed E-state index contributed by atoms with van der Waals surface area (Å²) in [7, 11) is 0. The Labute approximate surface area is 119 Å². The van der Waals surface area contributed by atoms with Gasteiger partial charge in [-0.15, -0.1) is 0 Å².